The average Bonchev–Trinajstić information content (AvgIpc) is 2.47. The number of alkyl halides is 3. The lowest BCUT2D eigenvalue weighted by Crippen LogP contribution is -2.13. The van der Waals surface area contributed by atoms with E-state index in [0.717, 1.165) is 12.1 Å². The van der Waals surface area contributed by atoms with Crippen LogP contribution < -0.4 is 5.32 Å². The van der Waals surface area contributed by atoms with Gasteiger partial charge in [0.05, 0.1) is 5.56 Å². The van der Waals surface area contributed by atoms with Crippen LogP contribution in [0.25, 0.3) is 0 Å². The molecular formula is C16H14F3NO2. The Morgan fingerprint density at radius 3 is 2.55 bits per heavy atom. The van der Waals surface area contributed by atoms with E-state index in [-0.39, 0.29) is 17.0 Å². The molecule has 116 valence electrons. The van der Waals surface area contributed by atoms with E-state index in [9.17, 15) is 23.1 Å². The molecule has 0 saturated heterocycles. The Balaban J connectivity index is 2.22. The van der Waals surface area contributed by atoms with Gasteiger partial charge in [-0.15, -0.1) is 0 Å². The van der Waals surface area contributed by atoms with E-state index in [0.29, 0.717) is 12.0 Å². The fourth-order valence-corrected chi connectivity index (χ4v) is 1.99. The Kier molecular flexibility index (Phi) is 4.40. The molecule has 2 aromatic carbocycles. The van der Waals surface area contributed by atoms with E-state index in [2.05, 4.69) is 5.32 Å². The summed E-state index contributed by atoms with van der Waals surface area (Å²) in [5.41, 5.74) is 0.0972. The van der Waals surface area contributed by atoms with Crippen molar-refractivity contribution in [3.05, 3.63) is 59.2 Å². The minimum atomic E-state index is -4.46. The van der Waals surface area contributed by atoms with Crippen LogP contribution in [0.5, 0.6) is 5.75 Å². The van der Waals surface area contributed by atoms with Crippen molar-refractivity contribution in [1.29, 1.82) is 0 Å². The number of aryl methyl sites for hydroxylation is 1. The van der Waals surface area contributed by atoms with Crippen molar-refractivity contribution >= 4 is 11.6 Å². The maximum Gasteiger partial charge on any atom is 0.416 e. The van der Waals surface area contributed by atoms with Crippen molar-refractivity contribution in [2.45, 2.75) is 19.5 Å². The number of amides is 1. The Labute approximate surface area is 125 Å². The normalized spacial score (nSPS) is 11.3. The lowest BCUT2D eigenvalue weighted by atomic mass is 10.1. The van der Waals surface area contributed by atoms with Gasteiger partial charge in [-0.05, 0) is 48.4 Å². The highest BCUT2D eigenvalue weighted by Gasteiger charge is 2.30. The molecule has 0 spiro atoms. The lowest BCUT2D eigenvalue weighted by molar-refractivity contribution is -0.137. The number of hydrogen-bond acceptors (Lipinski definition) is 2. The van der Waals surface area contributed by atoms with Gasteiger partial charge in [-0.3, -0.25) is 4.79 Å². The fraction of sp³-hybridized carbons (Fsp3) is 0.188. The van der Waals surface area contributed by atoms with Crippen LogP contribution in [0.15, 0.2) is 42.5 Å². The fourth-order valence-electron chi connectivity index (χ4n) is 1.99. The zero-order chi connectivity index (χ0) is 16.3. The van der Waals surface area contributed by atoms with Crippen molar-refractivity contribution in [1.82, 2.24) is 0 Å². The van der Waals surface area contributed by atoms with Crippen LogP contribution in [-0.2, 0) is 12.6 Å². The number of nitrogens with one attached hydrogen (secondary N) is 1. The number of phenols is 1. The van der Waals surface area contributed by atoms with E-state index >= 15 is 0 Å². The van der Waals surface area contributed by atoms with Gasteiger partial charge >= 0.3 is 6.18 Å². The van der Waals surface area contributed by atoms with Crippen LogP contribution in [0.4, 0.5) is 18.9 Å². The van der Waals surface area contributed by atoms with Crippen molar-refractivity contribution < 1.29 is 23.1 Å². The molecule has 2 aromatic rings. The molecule has 0 saturated carbocycles. The number of aromatic hydroxyl groups is 1. The third-order valence-corrected chi connectivity index (χ3v) is 3.17. The number of benzene rings is 2. The summed E-state index contributed by atoms with van der Waals surface area (Å²) in [6.45, 7) is 1.82. The highest BCUT2D eigenvalue weighted by Crippen LogP contribution is 2.30. The second-order valence-corrected chi connectivity index (χ2v) is 4.73. The van der Waals surface area contributed by atoms with E-state index in [1.807, 2.05) is 6.92 Å². The minimum absolute atomic E-state index is 0.0611. The van der Waals surface area contributed by atoms with Gasteiger partial charge in [0.1, 0.15) is 5.75 Å². The maximum atomic E-state index is 12.6. The highest BCUT2D eigenvalue weighted by molar-refractivity contribution is 6.04. The summed E-state index contributed by atoms with van der Waals surface area (Å²) in [6.07, 6.45) is -3.93. The Hall–Kier alpha value is -2.50. The smallest absolute Gasteiger partial charge is 0.416 e. The van der Waals surface area contributed by atoms with E-state index < -0.39 is 17.6 Å². The van der Waals surface area contributed by atoms with Gasteiger partial charge in [-0.25, -0.2) is 0 Å². The first-order valence-corrected chi connectivity index (χ1v) is 6.61. The Morgan fingerprint density at radius 2 is 1.91 bits per heavy atom. The number of halogens is 3. The molecule has 22 heavy (non-hydrogen) atoms. The molecule has 1 amide bonds. The van der Waals surface area contributed by atoms with Crippen LogP contribution in [0.1, 0.15) is 28.4 Å². The zero-order valence-corrected chi connectivity index (χ0v) is 11.7. The molecular weight excluding hydrogens is 295 g/mol. The largest absolute Gasteiger partial charge is 0.508 e. The van der Waals surface area contributed by atoms with E-state index in [4.69, 9.17) is 0 Å². The van der Waals surface area contributed by atoms with Crippen LogP contribution in [0, 0.1) is 0 Å². The topological polar surface area (TPSA) is 49.3 Å². The predicted molar refractivity (Wildman–Crippen MR) is 76.9 cm³/mol. The summed E-state index contributed by atoms with van der Waals surface area (Å²) < 4.78 is 37.9. The summed E-state index contributed by atoms with van der Waals surface area (Å²) in [6, 6.07) is 8.74. The molecule has 0 bridgehead atoms. The first-order valence-electron chi connectivity index (χ1n) is 6.61. The molecule has 0 aliphatic carbocycles. The second-order valence-electron chi connectivity index (χ2n) is 4.73. The molecule has 0 atom stereocenters. The third-order valence-electron chi connectivity index (χ3n) is 3.17. The van der Waals surface area contributed by atoms with Gasteiger partial charge in [0.25, 0.3) is 5.91 Å². The van der Waals surface area contributed by atoms with Gasteiger partial charge in [0.2, 0.25) is 0 Å². The van der Waals surface area contributed by atoms with Crippen molar-refractivity contribution in [3.8, 4) is 5.75 Å². The highest BCUT2D eigenvalue weighted by atomic mass is 19.4. The van der Waals surface area contributed by atoms with Crippen molar-refractivity contribution in [3.63, 3.8) is 0 Å². The molecule has 0 aliphatic heterocycles. The summed E-state index contributed by atoms with van der Waals surface area (Å²) in [5, 5.41) is 12.0. The minimum Gasteiger partial charge on any atom is -0.508 e. The molecule has 0 fully saturated rings. The van der Waals surface area contributed by atoms with Gasteiger partial charge in [-0.2, -0.15) is 13.2 Å². The molecule has 0 heterocycles. The first-order chi connectivity index (χ1) is 10.3. The number of phenolic OH excluding ortho intramolecular Hbond substituents is 1. The van der Waals surface area contributed by atoms with Crippen LogP contribution in [0.3, 0.4) is 0 Å². The number of rotatable bonds is 3. The molecule has 2 N–H and O–H groups in total. The lowest BCUT2D eigenvalue weighted by Gasteiger charge is -2.10. The van der Waals surface area contributed by atoms with Gasteiger partial charge < -0.3 is 10.4 Å². The maximum absolute atomic E-state index is 12.6. The first kappa shape index (κ1) is 15.9. The molecule has 0 unspecified atom stereocenters. The third kappa shape index (κ3) is 3.58. The average molecular weight is 309 g/mol. The molecule has 3 nitrogen and oxygen atoms in total. The van der Waals surface area contributed by atoms with Gasteiger partial charge in [-0.1, -0.05) is 13.0 Å². The monoisotopic (exact) mass is 309 g/mol. The van der Waals surface area contributed by atoms with Gasteiger partial charge in [0.15, 0.2) is 0 Å². The Morgan fingerprint density at radius 1 is 1.18 bits per heavy atom. The van der Waals surface area contributed by atoms with Crippen LogP contribution in [0.2, 0.25) is 0 Å². The quantitative estimate of drug-likeness (QED) is 0.891. The zero-order valence-electron chi connectivity index (χ0n) is 11.7. The van der Waals surface area contributed by atoms with Crippen LogP contribution >= 0.6 is 0 Å². The molecule has 0 aliphatic rings. The molecule has 2 rings (SSSR count). The van der Waals surface area contributed by atoms with Crippen molar-refractivity contribution in [2.24, 2.45) is 0 Å². The van der Waals surface area contributed by atoms with E-state index in [1.165, 1.54) is 30.3 Å². The van der Waals surface area contributed by atoms with Crippen molar-refractivity contribution in [2.75, 3.05) is 5.32 Å². The summed E-state index contributed by atoms with van der Waals surface area (Å²) in [4.78, 5) is 12.1. The molecule has 0 radical (unpaired) electrons. The summed E-state index contributed by atoms with van der Waals surface area (Å²) in [5.74, 6) is -0.452. The second kappa shape index (κ2) is 6.09. The SMILES string of the molecule is CCc1cc(C(=O)Nc2cccc(C(F)(F)F)c2)ccc1O. The predicted octanol–water partition coefficient (Wildman–Crippen LogP) is 4.23. The molecule has 0 aromatic heterocycles. The molecule has 6 heteroatoms. The number of hydrogen-bond donors (Lipinski definition) is 2. The van der Waals surface area contributed by atoms with E-state index in [1.54, 1.807) is 0 Å². The van der Waals surface area contributed by atoms with Crippen LogP contribution in [-0.4, -0.2) is 11.0 Å². The van der Waals surface area contributed by atoms with Gasteiger partial charge in [0, 0.05) is 11.3 Å². The number of carbonyl (C=O) groups excluding carboxylic acids is 1. The summed E-state index contributed by atoms with van der Waals surface area (Å²) >= 11 is 0. The number of anilines is 1. The number of carbonyl (C=O) groups is 1. The summed E-state index contributed by atoms with van der Waals surface area (Å²) in [7, 11) is 0. The standard InChI is InChI=1S/C16H14F3NO2/c1-2-10-8-11(6-7-14(10)21)15(22)20-13-5-3-4-12(9-13)16(17,18)19/h3-9,21H,2H2,1H3,(H,20,22). The Bertz CT molecular complexity index is 696.